The van der Waals surface area contributed by atoms with Crippen molar-refractivity contribution in [1.82, 2.24) is 4.57 Å². The second-order valence-electron chi connectivity index (χ2n) is 4.84. The Morgan fingerprint density at radius 2 is 2.00 bits per heavy atom. The minimum absolute atomic E-state index is 0.130. The number of nitro groups is 1. The van der Waals surface area contributed by atoms with Gasteiger partial charge in [0, 0.05) is 13.1 Å². The van der Waals surface area contributed by atoms with Gasteiger partial charge in [-0.2, -0.15) is 0 Å². The van der Waals surface area contributed by atoms with Crippen molar-refractivity contribution in [2.75, 3.05) is 5.32 Å². The molecular weight excluding hydrogens is 294 g/mol. The number of halogens is 1. The number of nitrogens with one attached hydrogen (secondary N) is 1. The Balaban J connectivity index is 2.33. The molecule has 7 heteroatoms. The summed E-state index contributed by atoms with van der Waals surface area (Å²) in [4.78, 5) is 22.4. The number of carbonyl (C=O) groups is 1. The third-order valence-corrected chi connectivity index (χ3v) is 3.40. The highest BCUT2D eigenvalue weighted by Crippen LogP contribution is 2.28. The molecular formula is C14H14ClN3O3. The molecule has 110 valence electrons. The highest BCUT2D eigenvalue weighted by atomic mass is 35.5. The zero-order valence-corrected chi connectivity index (χ0v) is 12.6. The summed E-state index contributed by atoms with van der Waals surface area (Å²) in [5.74, 6) is -0.445. The summed E-state index contributed by atoms with van der Waals surface area (Å²) in [6, 6.07) is 4.87. The lowest BCUT2D eigenvalue weighted by molar-refractivity contribution is -0.384. The maximum absolute atomic E-state index is 12.2. The van der Waals surface area contributed by atoms with Crippen LogP contribution in [0.5, 0.6) is 0 Å². The Hall–Kier alpha value is -2.34. The summed E-state index contributed by atoms with van der Waals surface area (Å²) in [5, 5.41) is 13.9. The molecule has 0 spiro atoms. The number of aromatic nitrogens is 1. The number of amides is 1. The molecule has 0 unspecified atom stereocenters. The van der Waals surface area contributed by atoms with E-state index < -0.39 is 10.8 Å². The largest absolute Gasteiger partial charge is 0.340 e. The smallest absolute Gasteiger partial charge is 0.287 e. The Morgan fingerprint density at radius 3 is 2.52 bits per heavy atom. The molecule has 0 saturated heterocycles. The van der Waals surface area contributed by atoms with Gasteiger partial charge in [-0.1, -0.05) is 17.7 Å². The van der Waals surface area contributed by atoms with Gasteiger partial charge in [0.15, 0.2) is 0 Å². The molecule has 21 heavy (non-hydrogen) atoms. The quantitative estimate of drug-likeness (QED) is 0.697. The van der Waals surface area contributed by atoms with Crippen LogP contribution in [0.2, 0.25) is 5.02 Å². The Bertz CT molecular complexity index is 714. The maximum Gasteiger partial charge on any atom is 0.287 e. The van der Waals surface area contributed by atoms with Crippen molar-refractivity contribution in [1.29, 1.82) is 0 Å². The van der Waals surface area contributed by atoms with E-state index in [0.717, 1.165) is 11.1 Å². The van der Waals surface area contributed by atoms with Crippen LogP contribution < -0.4 is 5.32 Å². The molecule has 0 saturated carbocycles. The highest BCUT2D eigenvalue weighted by molar-refractivity contribution is 6.34. The van der Waals surface area contributed by atoms with Gasteiger partial charge < -0.3 is 9.88 Å². The van der Waals surface area contributed by atoms with Crippen molar-refractivity contribution < 1.29 is 9.72 Å². The number of anilines is 1. The van der Waals surface area contributed by atoms with E-state index in [1.54, 1.807) is 13.1 Å². The lowest BCUT2D eigenvalue weighted by atomic mass is 10.1. The third kappa shape index (κ3) is 3.05. The van der Waals surface area contributed by atoms with E-state index in [1.807, 2.05) is 19.9 Å². The molecule has 0 fully saturated rings. The molecule has 1 N–H and O–H groups in total. The van der Waals surface area contributed by atoms with Crippen LogP contribution in [0.25, 0.3) is 0 Å². The third-order valence-electron chi connectivity index (χ3n) is 3.10. The molecule has 2 aromatic rings. The Kier molecular flexibility index (Phi) is 3.99. The van der Waals surface area contributed by atoms with E-state index in [1.165, 1.54) is 16.8 Å². The number of aryl methyl sites for hydroxylation is 3. The molecule has 6 nitrogen and oxygen atoms in total. The van der Waals surface area contributed by atoms with Crippen LogP contribution in [0, 0.1) is 24.0 Å². The monoisotopic (exact) mass is 307 g/mol. The molecule has 0 aliphatic carbocycles. The van der Waals surface area contributed by atoms with E-state index in [4.69, 9.17) is 11.6 Å². The summed E-state index contributed by atoms with van der Waals surface area (Å²) in [7, 11) is 1.57. The van der Waals surface area contributed by atoms with Crippen molar-refractivity contribution in [3.05, 3.63) is 56.4 Å². The first-order chi connectivity index (χ1) is 9.79. The van der Waals surface area contributed by atoms with Gasteiger partial charge in [-0.05, 0) is 31.0 Å². The highest BCUT2D eigenvalue weighted by Gasteiger charge is 2.19. The van der Waals surface area contributed by atoms with Gasteiger partial charge >= 0.3 is 0 Å². The predicted octanol–water partition coefficient (Wildman–Crippen LogP) is 3.46. The molecule has 1 aromatic heterocycles. The lowest BCUT2D eigenvalue weighted by Gasteiger charge is -2.11. The SMILES string of the molecule is Cc1cc(C)c(NC(=O)c2cc([N+](=O)[O-])cn2C)c(Cl)c1. The van der Waals surface area contributed by atoms with E-state index in [9.17, 15) is 14.9 Å². The standard InChI is InChI=1S/C14H14ClN3O3/c1-8-4-9(2)13(11(15)5-8)16-14(19)12-6-10(18(20)21)7-17(12)3/h4-7H,1-3H3,(H,16,19). The molecule has 0 aliphatic rings. The van der Waals surface area contributed by atoms with Crippen LogP contribution in [-0.2, 0) is 7.05 Å². The zero-order valence-electron chi connectivity index (χ0n) is 11.8. The van der Waals surface area contributed by atoms with Crippen LogP contribution in [0.4, 0.5) is 11.4 Å². The van der Waals surface area contributed by atoms with Crippen molar-refractivity contribution >= 4 is 28.9 Å². The van der Waals surface area contributed by atoms with Crippen molar-refractivity contribution in [3.63, 3.8) is 0 Å². The van der Waals surface area contributed by atoms with Crippen molar-refractivity contribution in [2.24, 2.45) is 7.05 Å². The van der Waals surface area contributed by atoms with Gasteiger partial charge in [0.25, 0.3) is 11.6 Å². The van der Waals surface area contributed by atoms with Crippen LogP contribution in [0.15, 0.2) is 24.4 Å². The van der Waals surface area contributed by atoms with Gasteiger partial charge in [0.05, 0.1) is 21.8 Å². The van der Waals surface area contributed by atoms with Gasteiger partial charge in [-0.25, -0.2) is 0 Å². The molecule has 1 amide bonds. The summed E-state index contributed by atoms with van der Waals surface area (Å²) in [5.41, 5.74) is 2.39. The van der Waals surface area contributed by atoms with Gasteiger partial charge in [0.1, 0.15) is 5.69 Å². The van der Waals surface area contributed by atoms with E-state index >= 15 is 0 Å². The van der Waals surface area contributed by atoms with Crippen molar-refractivity contribution in [3.8, 4) is 0 Å². The zero-order chi connectivity index (χ0) is 15.7. The summed E-state index contributed by atoms with van der Waals surface area (Å²) >= 11 is 6.13. The summed E-state index contributed by atoms with van der Waals surface area (Å²) in [6.07, 6.45) is 1.29. The minimum Gasteiger partial charge on any atom is -0.340 e. The average molecular weight is 308 g/mol. The van der Waals surface area contributed by atoms with Crippen LogP contribution in [-0.4, -0.2) is 15.4 Å². The summed E-state index contributed by atoms with van der Waals surface area (Å²) in [6.45, 7) is 3.74. The Labute approximate surface area is 126 Å². The fraction of sp³-hybridized carbons (Fsp3) is 0.214. The first-order valence-electron chi connectivity index (χ1n) is 6.18. The molecule has 1 aromatic carbocycles. The molecule has 0 bridgehead atoms. The van der Waals surface area contributed by atoms with Gasteiger partial charge in [-0.3, -0.25) is 14.9 Å². The first kappa shape index (κ1) is 15.1. The number of carbonyl (C=O) groups excluding carboxylic acids is 1. The predicted molar refractivity (Wildman–Crippen MR) is 80.9 cm³/mol. The Morgan fingerprint density at radius 1 is 1.33 bits per heavy atom. The number of nitrogens with zero attached hydrogens (tertiary/aromatic N) is 2. The fourth-order valence-corrected chi connectivity index (χ4v) is 2.49. The fourth-order valence-electron chi connectivity index (χ4n) is 2.12. The van der Waals surface area contributed by atoms with Crippen LogP contribution in [0.1, 0.15) is 21.6 Å². The number of hydrogen-bond donors (Lipinski definition) is 1. The van der Waals surface area contributed by atoms with E-state index in [-0.39, 0.29) is 11.4 Å². The second-order valence-corrected chi connectivity index (χ2v) is 5.25. The maximum atomic E-state index is 12.2. The van der Waals surface area contributed by atoms with E-state index in [2.05, 4.69) is 5.32 Å². The minimum atomic E-state index is -0.541. The molecule has 1 heterocycles. The van der Waals surface area contributed by atoms with Gasteiger partial charge in [0.2, 0.25) is 0 Å². The molecule has 0 atom stereocenters. The van der Waals surface area contributed by atoms with Gasteiger partial charge in [-0.15, -0.1) is 0 Å². The number of benzene rings is 1. The molecule has 0 aliphatic heterocycles. The van der Waals surface area contributed by atoms with Crippen LogP contribution in [0.3, 0.4) is 0 Å². The number of rotatable bonds is 3. The number of hydrogen-bond acceptors (Lipinski definition) is 3. The lowest BCUT2D eigenvalue weighted by Crippen LogP contribution is -2.16. The first-order valence-corrected chi connectivity index (χ1v) is 6.56. The molecule has 2 rings (SSSR count). The molecule has 0 radical (unpaired) electrons. The average Bonchev–Trinajstić information content (AvgIpc) is 2.76. The van der Waals surface area contributed by atoms with Crippen molar-refractivity contribution in [2.45, 2.75) is 13.8 Å². The topological polar surface area (TPSA) is 77.2 Å². The van der Waals surface area contributed by atoms with E-state index in [0.29, 0.717) is 10.7 Å². The summed E-state index contributed by atoms with van der Waals surface area (Å²) < 4.78 is 1.41. The second kappa shape index (κ2) is 5.57. The normalized spacial score (nSPS) is 10.5. The van der Waals surface area contributed by atoms with Crippen LogP contribution >= 0.6 is 11.6 Å².